The number of fused-ring (bicyclic) bond motifs is 1. The van der Waals surface area contributed by atoms with Crippen LogP contribution in [0.2, 0.25) is 0 Å². The zero-order valence-electron chi connectivity index (χ0n) is 16.6. The zero-order chi connectivity index (χ0) is 19.0. The molecule has 1 atom stereocenters. The molecular weight excluding hydrogens is 324 g/mol. The van der Waals surface area contributed by atoms with Crippen LogP contribution in [0.4, 0.5) is 0 Å². The molecule has 0 bridgehead atoms. The number of aryl methyl sites for hydroxylation is 4. The molecule has 0 fully saturated rings. The van der Waals surface area contributed by atoms with Gasteiger partial charge in [0.25, 0.3) is 5.91 Å². The Morgan fingerprint density at radius 3 is 2.58 bits per heavy atom. The Balaban J connectivity index is 1.91. The molecule has 0 unspecified atom stereocenters. The van der Waals surface area contributed by atoms with E-state index in [0.29, 0.717) is 5.56 Å². The van der Waals surface area contributed by atoms with Gasteiger partial charge in [0.1, 0.15) is 0 Å². The van der Waals surface area contributed by atoms with Crippen molar-refractivity contribution in [3.05, 3.63) is 52.5 Å². The maximum atomic E-state index is 12.9. The summed E-state index contributed by atoms with van der Waals surface area (Å²) in [6, 6.07) is 5.88. The Kier molecular flexibility index (Phi) is 4.90. The van der Waals surface area contributed by atoms with E-state index in [2.05, 4.69) is 48.9 Å². The topological polar surface area (TPSA) is 51.9 Å². The van der Waals surface area contributed by atoms with Crippen LogP contribution >= 0.6 is 0 Å². The maximum Gasteiger partial charge on any atom is 0.251 e. The van der Waals surface area contributed by atoms with Crippen LogP contribution in [0.5, 0.6) is 0 Å². The predicted molar refractivity (Wildman–Crippen MR) is 106 cm³/mol. The molecule has 0 aliphatic heterocycles. The van der Waals surface area contributed by atoms with Crippen LogP contribution in [0.15, 0.2) is 24.4 Å². The fourth-order valence-corrected chi connectivity index (χ4v) is 3.87. The average Bonchev–Trinajstić information content (AvgIpc) is 3.08. The molecule has 2 heterocycles. The van der Waals surface area contributed by atoms with Crippen molar-refractivity contribution in [2.45, 2.75) is 53.6 Å². The third-order valence-corrected chi connectivity index (χ3v) is 5.25. The number of nitrogens with zero attached hydrogens (tertiary/aromatic N) is 3. The normalized spacial score (nSPS) is 12.5. The van der Waals surface area contributed by atoms with Gasteiger partial charge in [0.05, 0.1) is 11.7 Å². The monoisotopic (exact) mass is 352 g/mol. The minimum atomic E-state index is -0.0370. The molecule has 0 spiro atoms. The van der Waals surface area contributed by atoms with Crippen LogP contribution in [0.25, 0.3) is 10.9 Å². The van der Waals surface area contributed by atoms with Gasteiger partial charge in [-0.25, -0.2) is 0 Å². The van der Waals surface area contributed by atoms with Crippen molar-refractivity contribution in [3.8, 4) is 0 Å². The Hall–Kier alpha value is -2.56. The SMILES string of the molecule is CC[C@H](NC(=O)c1ccc2c(c1)c(C)cn2C)c1c(C)nn(CC)c1C. The Morgan fingerprint density at radius 2 is 1.96 bits per heavy atom. The molecule has 0 aliphatic rings. The van der Waals surface area contributed by atoms with Crippen molar-refractivity contribution < 1.29 is 4.79 Å². The summed E-state index contributed by atoms with van der Waals surface area (Å²) in [5.74, 6) is -0.0370. The quantitative estimate of drug-likeness (QED) is 0.748. The summed E-state index contributed by atoms with van der Waals surface area (Å²) in [5.41, 5.74) is 6.28. The number of hydrogen-bond acceptors (Lipinski definition) is 2. The number of carbonyl (C=O) groups excluding carboxylic acids is 1. The van der Waals surface area contributed by atoms with Crippen molar-refractivity contribution in [2.75, 3.05) is 0 Å². The molecule has 2 aromatic heterocycles. The van der Waals surface area contributed by atoms with E-state index < -0.39 is 0 Å². The molecule has 26 heavy (non-hydrogen) atoms. The number of nitrogens with one attached hydrogen (secondary N) is 1. The van der Waals surface area contributed by atoms with Crippen molar-refractivity contribution in [2.24, 2.45) is 7.05 Å². The lowest BCUT2D eigenvalue weighted by molar-refractivity contribution is 0.0935. The summed E-state index contributed by atoms with van der Waals surface area (Å²) in [7, 11) is 2.03. The molecule has 1 amide bonds. The lowest BCUT2D eigenvalue weighted by atomic mass is 10.0. The minimum Gasteiger partial charge on any atom is -0.350 e. The number of carbonyl (C=O) groups is 1. The van der Waals surface area contributed by atoms with E-state index in [0.717, 1.165) is 40.8 Å². The second-order valence-electron chi connectivity index (χ2n) is 6.99. The molecular formula is C21H28N4O. The Morgan fingerprint density at radius 1 is 1.23 bits per heavy atom. The van der Waals surface area contributed by atoms with E-state index >= 15 is 0 Å². The highest BCUT2D eigenvalue weighted by Gasteiger charge is 2.22. The first-order valence-electron chi connectivity index (χ1n) is 9.27. The Bertz CT molecular complexity index is 964. The van der Waals surface area contributed by atoms with Gasteiger partial charge in [-0.15, -0.1) is 0 Å². The van der Waals surface area contributed by atoms with Gasteiger partial charge in [-0.1, -0.05) is 6.92 Å². The molecule has 5 nitrogen and oxygen atoms in total. The van der Waals surface area contributed by atoms with Crippen LogP contribution in [0.3, 0.4) is 0 Å². The third-order valence-electron chi connectivity index (χ3n) is 5.25. The van der Waals surface area contributed by atoms with E-state index in [4.69, 9.17) is 0 Å². The van der Waals surface area contributed by atoms with E-state index in [1.807, 2.05) is 36.9 Å². The van der Waals surface area contributed by atoms with Gasteiger partial charge in [-0.05, 0) is 57.9 Å². The number of aromatic nitrogens is 3. The molecule has 138 valence electrons. The van der Waals surface area contributed by atoms with Crippen LogP contribution in [-0.2, 0) is 13.6 Å². The highest BCUT2D eigenvalue weighted by molar-refractivity contribution is 5.99. The number of amides is 1. The maximum absolute atomic E-state index is 12.9. The number of rotatable bonds is 5. The second-order valence-corrected chi connectivity index (χ2v) is 6.99. The number of hydrogen-bond donors (Lipinski definition) is 1. The highest BCUT2D eigenvalue weighted by Crippen LogP contribution is 2.26. The summed E-state index contributed by atoms with van der Waals surface area (Å²) < 4.78 is 4.09. The van der Waals surface area contributed by atoms with E-state index in [-0.39, 0.29) is 11.9 Å². The first-order valence-corrected chi connectivity index (χ1v) is 9.27. The molecule has 0 saturated heterocycles. The summed E-state index contributed by atoms with van der Waals surface area (Å²) in [5, 5.41) is 8.93. The smallest absolute Gasteiger partial charge is 0.251 e. The number of benzene rings is 1. The summed E-state index contributed by atoms with van der Waals surface area (Å²) in [4.78, 5) is 12.9. The summed E-state index contributed by atoms with van der Waals surface area (Å²) in [6.45, 7) is 11.2. The van der Waals surface area contributed by atoms with Crippen LogP contribution in [0, 0.1) is 20.8 Å². The fourth-order valence-electron chi connectivity index (χ4n) is 3.87. The molecule has 0 radical (unpaired) electrons. The Labute approximate surface area is 155 Å². The van der Waals surface area contributed by atoms with Gasteiger partial charge in [-0.3, -0.25) is 9.48 Å². The van der Waals surface area contributed by atoms with Crippen LogP contribution in [0.1, 0.15) is 59.2 Å². The van der Waals surface area contributed by atoms with Crippen LogP contribution < -0.4 is 5.32 Å². The predicted octanol–water partition coefficient (Wildman–Crippen LogP) is 4.20. The molecule has 3 rings (SSSR count). The summed E-state index contributed by atoms with van der Waals surface area (Å²) in [6.07, 6.45) is 2.92. The highest BCUT2D eigenvalue weighted by atomic mass is 16.1. The van der Waals surface area contributed by atoms with Gasteiger partial charge in [0.15, 0.2) is 0 Å². The van der Waals surface area contributed by atoms with Crippen LogP contribution in [-0.4, -0.2) is 20.3 Å². The fraction of sp³-hybridized carbons (Fsp3) is 0.429. The lowest BCUT2D eigenvalue weighted by Crippen LogP contribution is -2.29. The van der Waals surface area contributed by atoms with Gasteiger partial charge >= 0.3 is 0 Å². The summed E-state index contributed by atoms with van der Waals surface area (Å²) >= 11 is 0. The van der Waals surface area contributed by atoms with Gasteiger partial charge in [0, 0.05) is 47.5 Å². The molecule has 1 aromatic carbocycles. The van der Waals surface area contributed by atoms with Crippen molar-refractivity contribution in [3.63, 3.8) is 0 Å². The second kappa shape index (κ2) is 6.98. The van der Waals surface area contributed by atoms with Crippen molar-refractivity contribution in [1.82, 2.24) is 19.7 Å². The molecule has 0 saturated carbocycles. The lowest BCUT2D eigenvalue weighted by Gasteiger charge is -2.18. The minimum absolute atomic E-state index is 0.0321. The van der Waals surface area contributed by atoms with E-state index in [1.165, 1.54) is 5.56 Å². The van der Waals surface area contributed by atoms with Gasteiger partial charge in [0.2, 0.25) is 0 Å². The third kappa shape index (κ3) is 3.02. The van der Waals surface area contributed by atoms with Gasteiger partial charge < -0.3 is 9.88 Å². The van der Waals surface area contributed by atoms with E-state index in [1.54, 1.807) is 0 Å². The first-order chi connectivity index (χ1) is 12.4. The van der Waals surface area contributed by atoms with Crippen molar-refractivity contribution >= 4 is 16.8 Å². The van der Waals surface area contributed by atoms with Gasteiger partial charge in [-0.2, -0.15) is 5.10 Å². The molecule has 1 N–H and O–H groups in total. The zero-order valence-corrected chi connectivity index (χ0v) is 16.6. The molecule has 5 heteroatoms. The molecule has 3 aromatic rings. The van der Waals surface area contributed by atoms with E-state index in [9.17, 15) is 4.79 Å². The largest absolute Gasteiger partial charge is 0.350 e. The molecule has 0 aliphatic carbocycles. The first kappa shape index (κ1) is 18.2. The average molecular weight is 352 g/mol. The standard InChI is InChI=1S/C21H28N4O/c1-7-18(20-14(4)23-25(8-2)15(20)5)22-21(26)16-9-10-19-17(11-16)13(3)12-24(19)6/h9-12,18H,7-8H2,1-6H3,(H,22,26)/t18-/m0/s1. The van der Waals surface area contributed by atoms with Crippen molar-refractivity contribution in [1.29, 1.82) is 0 Å².